The molecule has 0 spiro atoms. The van der Waals surface area contributed by atoms with Crippen LogP contribution in [0.15, 0.2) is 17.6 Å². The van der Waals surface area contributed by atoms with Crippen molar-refractivity contribution >= 4 is 40.8 Å². The van der Waals surface area contributed by atoms with E-state index >= 15 is 0 Å². The number of halogens is 1. The molecule has 136 valence electrons. The van der Waals surface area contributed by atoms with Gasteiger partial charge in [0.15, 0.2) is 5.13 Å². The molecule has 1 fully saturated rings. The zero-order valence-corrected chi connectivity index (χ0v) is 15.5. The van der Waals surface area contributed by atoms with E-state index in [1.807, 2.05) is 5.38 Å². The van der Waals surface area contributed by atoms with Gasteiger partial charge in [0.2, 0.25) is 5.91 Å². The summed E-state index contributed by atoms with van der Waals surface area (Å²) >= 11 is 1.33. The lowest BCUT2D eigenvalue weighted by molar-refractivity contribution is -0.122. The molecule has 0 unspecified atom stereocenters. The van der Waals surface area contributed by atoms with Gasteiger partial charge in [-0.2, -0.15) is 0 Å². The molecule has 9 heteroatoms. The number of ether oxygens (including phenoxy) is 1. The highest BCUT2D eigenvalue weighted by Crippen LogP contribution is 2.29. The molecule has 2 aromatic heterocycles. The normalized spacial score (nSPS) is 15.9. The van der Waals surface area contributed by atoms with E-state index < -0.39 is 11.5 Å². The van der Waals surface area contributed by atoms with Gasteiger partial charge in [-0.15, -0.1) is 23.7 Å². The van der Waals surface area contributed by atoms with Crippen LogP contribution in [0.5, 0.6) is 0 Å². The summed E-state index contributed by atoms with van der Waals surface area (Å²) in [5.41, 5.74) is 7.22. The first-order chi connectivity index (χ1) is 11.5. The van der Waals surface area contributed by atoms with Gasteiger partial charge in [-0.3, -0.25) is 4.79 Å². The van der Waals surface area contributed by atoms with Crippen molar-refractivity contribution in [2.45, 2.75) is 37.6 Å². The predicted molar refractivity (Wildman–Crippen MR) is 99.1 cm³/mol. The number of amides is 1. The van der Waals surface area contributed by atoms with Crippen LogP contribution < -0.4 is 11.1 Å². The third-order valence-electron chi connectivity index (χ3n) is 4.31. The van der Waals surface area contributed by atoms with Gasteiger partial charge in [-0.1, -0.05) is 19.3 Å². The van der Waals surface area contributed by atoms with Crippen LogP contribution in [-0.2, 0) is 9.53 Å². The molecule has 0 aromatic carbocycles. The third-order valence-corrected chi connectivity index (χ3v) is 5.06. The Kier molecular flexibility index (Phi) is 6.21. The lowest BCUT2D eigenvalue weighted by Gasteiger charge is -2.31. The summed E-state index contributed by atoms with van der Waals surface area (Å²) in [5.74, 6) is -0.611. The second-order valence-electron chi connectivity index (χ2n) is 6.00. The summed E-state index contributed by atoms with van der Waals surface area (Å²) in [7, 11) is 1.33. The molecule has 0 radical (unpaired) electrons. The summed E-state index contributed by atoms with van der Waals surface area (Å²) in [6.07, 6.45) is 6.18. The van der Waals surface area contributed by atoms with E-state index in [-0.39, 0.29) is 18.3 Å². The molecular weight excluding hydrogens is 364 g/mol. The van der Waals surface area contributed by atoms with Crippen LogP contribution in [0.3, 0.4) is 0 Å². The average molecular weight is 385 g/mol. The topological polar surface area (TPSA) is 110 Å². The number of rotatable bonds is 4. The van der Waals surface area contributed by atoms with Crippen LogP contribution in [0.1, 0.15) is 42.6 Å². The van der Waals surface area contributed by atoms with E-state index in [2.05, 4.69) is 20.0 Å². The molecule has 2 aromatic rings. The molecule has 1 aliphatic rings. The van der Waals surface area contributed by atoms with E-state index in [4.69, 9.17) is 5.73 Å². The number of methoxy groups -OCH3 is 1. The van der Waals surface area contributed by atoms with Crippen molar-refractivity contribution in [3.63, 3.8) is 0 Å². The molecule has 0 bridgehead atoms. The lowest BCUT2D eigenvalue weighted by Crippen LogP contribution is -2.52. The average Bonchev–Trinajstić information content (AvgIpc) is 3.24. The standard InChI is InChI=1S/C16H20N4O3S.ClH/c1-23-13(21)11-7-10(8-18-11)12-9-24-15(19-12)20-14(22)16(17)5-3-2-4-6-16;/h7-9,18H,2-6,17H2,1H3,(H,19,20,22);1H. The van der Waals surface area contributed by atoms with Crippen LogP contribution in [0.4, 0.5) is 5.13 Å². The van der Waals surface area contributed by atoms with E-state index in [0.29, 0.717) is 29.4 Å². The molecule has 0 atom stereocenters. The number of carbonyl (C=O) groups excluding carboxylic acids is 2. The van der Waals surface area contributed by atoms with Crippen LogP contribution in [0, 0.1) is 0 Å². The summed E-state index contributed by atoms with van der Waals surface area (Å²) in [6.45, 7) is 0. The maximum Gasteiger partial charge on any atom is 0.354 e. The van der Waals surface area contributed by atoms with E-state index in [0.717, 1.165) is 24.8 Å². The molecule has 1 saturated carbocycles. The van der Waals surface area contributed by atoms with Crippen LogP contribution in [-0.4, -0.2) is 34.5 Å². The van der Waals surface area contributed by atoms with Crippen LogP contribution in [0.25, 0.3) is 11.3 Å². The lowest BCUT2D eigenvalue weighted by atomic mass is 9.82. The van der Waals surface area contributed by atoms with Crippen molar-refractivity contribution in [1.29, 1.82) is 0 Å². The van der Waals surface area contributed by atoms with Crippen molar-refractivity contribution < 1.29 is 14.3 Å². The number of esters is 1. The molecule has 0 saturated heterocycles. The zero-order chi connectivity index (χ0) is 17.2. The van der Waals surface area contributed by atoms with Crippen molar-refractivity contribution in [2.75, 3.05) is 12.4 Å². The van der Waals surface area contributed by atoms with Crippen molar-refractivity contribution in [3.8, 4) is 11.3 Å². The van der Waals surface area contributed by atoms with Gasteiger partial charge in [0.05, 0.1) is 18.3 Å². The summed E-state index contributed by atoms with van der Waals surface area (Å²) < 4.78 is 4.66. The molecular formula is C16H21ClN4O3S. The fraction of sp³-hybridized carbons (Fsp3) is 0.438. The number of aromatic amines is 1. The molecule has 4 N–H and O–H groups in total. The second kappa shape index (κ2) is 7.99. The fourth-order valence-electron chi connectivity index (χ4n) is 2.87. The van der Waals surface area contributed by atoms with Gasteiger partial charge in [-0.05, 0) is 18.9 Å². The van der Waals surface area contributed by atoms with Gasteiger partial charge in [0.25, 0.3) is 0 Å². The number of hydrogen-bond donors (Lipinski definition) is 3. The number of hydrogen-bond acceptors (Lipinski definition) is 6. The van der Waals surface area contributed by atoms with Gasteiger partial charge in [-0.25, -0.2) is 9.78 Å². The quantitative estimate of drug-likeness (QED) is 0.702. The number of carbonyl (C=O) groups is 2. The zero-order valence-electron chi connectivity index (χ0n) is 13.8. The minimum absolute atomic E-state index is 0. The number of nitrogens with two attached hydrogens (primary N) is 1. The summed E-state index contributed by atoms with van der Waals surface area (Å²) in [4.78, 5) is 31.2. The van der Waals surface area contributed by atoms with Gasteiger partial charge < -0.3 is 20.8 Å². The highest BCUT2D eigenvalue weighted by Gasteiger charge is 2.35. The Balaban J connectivity index is 0.00000225. The first kappa shape index (κ1) is 19.4. The molecule has 2 heterocycles. The Bertz CT molecular complexity index is 752. The van der Waals surface area contributed by atoms with Gasteiger partial charge in [0, 0.05) is 17.1 Å². The molecule has 0 aliphatic heterocycles. The molecule has 25 heavy (non-hydrogen) atoms. The highest BCUT2D eigenvalue weighted by molar-refractivity contribution is 7.14. The van der Waals surface area contributed by atoms with Crippen LogP contribution in [0.2, 0.25) is 0 Å². The first-order valence-corrected chi connectivity index (χ1v) is 8.73. The second-order valence-corrected chi connectivity index (χ2v) is 6.86. The van der Waals surface area contributed by atoms with Gasteiger partial charge in [0.1, 0.15) is 5.69 Å². The maximum atomic E-state index is 12.4. The predicted octanol–water partition coefficient (Wildman–Crippen LogP) is 2.95. The van der Waals surface area contributed by atoms with E-state index in [1.165, 1.54) is 18.4 Å². The number of nitrogens with one attached hydrogen (secondary N) is 2. The van der Waals surface area contributed by atoms with Crippen molar-refractivity contribution in [2.24, 2.45) is 5.73 Å². The van der Waals surface area contributed by atoms with E-state index in [9.17, 15) is 9.59 Å². The largest absolute Gasteiger partial charge is 0.464 e. The minimum Gasteiger partial charge on any atom is -0.464 e. The number of thiazole rings is 1. The molecule has 3 rings (SSSR count). The Hall–Kier alpha value is -1.90. The van der Waals surface area contributed by atoms with Gasteiger partial charge >= 0.3 is 5.97 Å². The first-order valence-electron chi connectivity index (χ1n) is 7.85. The highest BCUT2D eigenvalue weighted by atomic mass is 35.5. The third kappa shape index (κ3) is 4.20. The maximum absolute atomic E-state index is 12.4. The Morgan fingerprint density at radius 3 is 2.76 bits per heavy atom. The minimum atomic E-state index is -0.795. The Labute approximate surface area is 155 Å². The van der Waals surface area contributed by atoms with E-state index in [1.54, 1.807) is 12.3 Å². The van der Waals surface area contributed by atoms with Crippen molar-refractivity contribution in [3.05, 3.63) is 23.3 Å². The Morgan fingerprint density at radius 1 is 1.36 bits per heavy atom. The smallest absolute Gasteiger partial charge is 0.354 e. The monoisotopic (exact) mass is 384 g/mol. The summed E-state index contributed by atoms with van der Waals surface area (Å²) in [6, 6.07) is 1.66. The SMILES string of the molecule is COC(=O)c1cc(-c2csc(NC(=O)C3(N)CCCCC3)n2)c[nH]1.Cl. The Morgan fingerprint density at radius 2 is 2.08 bits per heavy atom. The fourth-order valence-corrected chi connectivity index (χ4v) is 3.58. The number of H-pyrrole nitrogens is 1. The molecule has 1 amide bonds. The number of aromatic nitrogens is 2. The van der Waals surface area contributed by atoms with Crippen molar-refractivity contribution in [1.82, 2.24) is 9.97 Å². The van der Waals surface area contributed by atoms with Crippen LogP contribution >= 0.6 is 23.7 Å². The molecule has 1 aliphatic carbocycles. The molecule has 7 nitrogen and oxygen atoms in total. The number of nitrogens with zero attached hydrogens (tertiary/aromatic N) is 1. The summed E-state index contributed by atoms with van der Waals surface area (Å²) in [5, 5.41) is 5.15. The number of anilines is 1.